The van der Waals surface area contributed by atoms with E-state index >= 15 is 0 Å². The maximum atomic E-state index is 13.1. The van der Waals surface area contributed by atoms with Crippen LogP contribution in [0.25, 0.3) is 0 Å². The van der Waals surface area contributed by atoms with E-state index in [2.05, 4.69) is 0 Å². The molecular weight excluding hydrogens is 300 g/mol. The van der Waals surface area contributed by atoms with Crippen molar-refractivity contribution in [3.63, 3.8) is 0 Å². The van der Waals surface area contributed by atoms with Crippen LogP contribution in [0.4, 0.5) is 17.6 Å². The SMILES string of the molecule is CC(CC(F)(F)F)NS(=O)(=O)c1ccc(F)c(C#N)c1. The van der Waals surface area contributed by atoms with E-state index in [1.54, 1.807) is 0 Å². The fourth-order valence-electron chi connectivity index (χ4n) is 1.48. The van der Waals surface area contributed by atoms with Crippen LogP contribution in [-0.4, -0.2) is 20.6 Å². The number of hydrogen-bond acceptors (Lipinski definition) is 3. The Morgan fingerprint density at radius 3 is 2.50 bits per heavy atom. The fraction of sp³-hybridized carbons (Fsp3) is 0.364. The Hall–Kier alpha value is -1.66. The highest BCUT2D eigenvalue weighted by Gasteiger charge is 2.32. The summed E-state index contributed by atoms with van der Waals surface area (Å²) in [6, 6.07) is 2.47. The first-order chi connectivity index (χ1) is 9.05. The summed E-state index contributed by atoms with van der Waals surface area (Å²) in [5.74, 6) is -0.908. The van der Waals surface area contributed by atoms with Crippen molar-refractivity contribution >= 4 is 10.0 Å². The summed E-state index contributed by atoms with van der Waals surface area (Å²) >= 11 is 0. The van der Waals surface area contributed by atoms with Gasteiger partial charge < -0.3 is 0 Å². The molecule has 0 aliphatic rings. The number of sulfonamides is 1. The molecule has 0 heterocycles. The molecule has 1 aromatic rings. The minimum atomic E-state index is -4.51. The smallest absolute Gasteiger partial charge is 0.208 e. The lowest BCUT2D eigenvalue weighted by Crippen LogP contribution is -2.35. The highest BCUT2D eigenvalue weighted by molar-refractivity contribution is 7.89. The van der Waals surface area contributed by atoms with Gasteiger partial charge >= 0.3 is 6.18 Å². The van der Waals surface area contributed by atoms with E-state index in [0.29, 0.717) is 0 Å². The van der Waals surface area contributed by atoms with E-state index in [4.69, 9.17) is 5.26 Å². The summed E-state index contributed by atoms with van der Waals surface area (Å²) in [6.45, 7) is 1.06. The molecule has 0 saturated heterocycles. The lowest BCUT2D eigenvalue weighted by atomic mass is 10.2. The molecule has 0 saturated carbocycles. The molecule has 0 amide bonds. The molecule has 110 valence electrons. The Labute approximate surface area is 113 Å². The van der Waals surface area contributed by atoms with Gasteiger partial charge in [-0.25, -0.2) is 17.5 Å². The van der Waals surface area contributed by atoms with Gasteiger partial charge in [0.2, 0.25) is 10.0 Å². The number of rotatable bonds is 4. The first-order valence-electron chi connectivity index (χ1n) is 5.34. The van der Waals surface area contributed by atoms with Crippen molar-refractivity contribution in [1.82, 2.24) is 4.72 Å². The van der Waals surface area contributed by atoms with E-state index in [9.17, 15) is 26.0 Å². The topological polar surface area (TPSA) is 70.0 Å². The molecule has 0 radical (unpaired) electrons. The zero-order valence-electron chi connectivity index (χ0n) is 10.2. The number of nitrogens with zero attached hydrogens (tertiary/aromatic N) is 1. The first-order valence-corrected chi connectivity index (χ1v) is 6.82. The van der Waals surface area contributed by atoms with Crippen LogP contribution in [0.1, 0.15) is 18.9 Å². The van der Waals surface area contributed by atoms with Gasteiger partial charge in [0.1, 0.15) is 11.9 Å². The predicted octanol–water partition coefficient (Wildman–Crippen LogP) is 2.32. The van der Waals surface area contributed by atoms with Gasteiger partial charge in [0.25, 0.3) is 0 Å². The van der Waals surface area contributed by atoms with Gasteiger partial charge in [-0.2, -0.15) is 18.4 Å². The van der Waals surface area contributed by atoms with Gasteiger partial charge in [-0.3, -0.25) is 0 Å². The molecular formula is C11H10F4N2O2S. The molecule has 1 unspecified atom stereocenters. The number of benzene rings is 1. The highest BCUT2D eigenvalue weighted by atomic mass is 32.2. The third kappa shape index (κ3) is 4.47. The molecule has 9 heteroatoms. The van der Waals surface area contributed by atoms with Crippen LogP contribution in [0.2, 0.25) is 0 Å². The molecule has 0 aliphatic carbocycles. The molecule has 0 spiro atoms. The van der Waals surface area contributed by atoms with Gasteiger partial charge in [0.05, 0.1) is 16.9 Å². The van der Waals surface area contributed by atoms with Crippen LogP contribution in [0, 0.1) is 17.1 Å². The maximum Gasteiger partial charge on any atom is 0.390 e. The molecule has 0 fully saturated rings. The summed E-state index contributed by atoms with van der Waals surface area (Å²) in [5, 5.41) is 8.59. The Morgan fingerprint density at radius 1 is 1.40 bits per heavy atom. The van der Waals surface area contributed by atoms with Crippen molar-refractivity contribution in [2.45, 2.75) is 30.5 Å². The second-order valence-electron chi connectivity index (χ2n) is 4.10. The third-order valence-corrected chi connectivity index (χ3v) is 3.85. The van der Waals surface area contributed by atoms with Crippen molar-refractivity contribution in [2.24, 2.45) is 0 Å². The number of halogens is 4. The quantitative estimate of drug-likeness (QED) is 0.868. The van der Waals surface area contributed by atoms with Crippen molar-refractivity contribution < 1.29 is 26.0 Å². The first kappa shape index (κ1) is 16.4. The molecule has 1 aromatic carbocycles. The van der Waals surface area contributed by atoms with Crippen LogP contribution in [0.3, 0.4) is 0 Å². The number of nitriles is 1. The second-order valence-corrected chi connectivity index (χ2v) is 5.81. The van der Waals surface area contributed by atoms with Crippen LogP contribution in [0.5, 0.6) is 0 Å². The molecule has 1 rings (SSSR count). The van der Waals surface area contributed by atoms with Crippen LogP contribution in [-0.2, 0) is 10.0 Å². The summed E-state index contributed by atoms with van der Waals surface area (Å²) in [6.07, 6.45) is -5.85. The normalized spacial score (nSPS) is 13.8. The summed E-state index contributed by atoms with van der Waals surface area (Å²) < 4.78 is 74.9. The van der Waals surface area contributed by atoms with Gasteiger partial charge in [-0.15, -0.1) is 0 Å². The molecule has 0 aromatic heterocycles. The highest BCUT2D eigenvalue weighted by Crippen LogP contribution is 2.22. The fourth-order valence-corrected chi connectivity index (χ4v) is 2.75. The van der Waals surface area contributed by atoms with Gasteiger partial charge in [0, 0.05) is 6.04 Å². The predicted molar refractivity (Wildman–Crippen MR) is 61.6 cm³/mol. The zero-order valence-corrected chi connectivity index (χ0v) is 11.0. The monoisotopic (exact) mass is 310 g/mol. The average molecular weight is 310 g/mol. The van der Waals surface area contributed by atoms with Gasteiger partial charge in [-0.1, -0.05) is 0 Å². The number of hydrogen-bond donors (Lipinski definition) is 1. The average Bonchev–Trinajstić information content (AvgIpc) is 2.25. The number of alkyl halides is 3. The van der Waals surface area contributed by atoms with E-state index < -0.39 is 44.9 Å². The minimum Gasteiger partial charge on any atom is -0.208 e. The summed E-state index contributed by atoms with van der Waals surface area (Å²) in [7, 11) is -4.25. The van der Waals surface area contributed by atoms with Crippen molar-refractivity contribution in [3.8, 4) is 6.07 Å². The molecule has 0 aliphatic heterocycles. The third-order valence-electron chi connectivity index (χ3n) is 2.26. The summed E-state index contributed by atoms with van der Waals surface area (Å²) in [5.41, 5.74) is -0.503. The standard InChI is InChI=1S/C11H10F4N2O2S/c1-7(5-11(13,14)15)17-20(18,19)9-2-3-10(12)8(4-9)6-16/h2-4,7,17H,5H2,1H3. The molecule has 20 heavy (non-hydrogen) atoms. The van der Waals surface area contributed by atoms with Crippen LogP contribution in [0.15, 0.2) is 23.1 Å². The molecule has 1 atom stereocenters. The second kappa shape index (κ2) is 5.76. The Morgan fingerprint density at radius 2 is 2.00 bits per heavy atom. The van der Waals surface area contributed by atoms with Crippen LogP contribution >= 0.6 is 0 Å². The van der Waals surface area contributed by atoms with Crippen molar-refractivity contribution in [1.29, 1.82) is 5.26 Å². The van der Waals surface area contributed by atoms with Crippen LogP contribution < -0.4 is 4.72 Å². The number of nitrogens with one attached hydrogen (secondary N) is 1. The van der Waals surface area contributed by atoms with Gasteiger partial charge in [0.15, 0.2) is 0 Å². The Bertz CT molecular complexity index is 635. The zero-order chi connectivity index (χ0) is 15.6. The molecule has 4 nitrogen and oxygen atoms in total. The van der Waals surface area contributed by atoms with E-state index in [1.165, 1.54) is 6.07 Å². The van der Waals surface area contributed by atoms with Crippen molar-refractivity contribution in [2.75, 3.05) is 0 Å². The minimum absolute atomic E-state index is 0.468. The van der Waals surface area contributed by atoms with E-state index in [1.807, 2.05) is 4.72 Å². The maximum absolute atomic E-state index is 13.1. The largest absolute Gasteiger partial charge is 0.390 e. The molecule has 0 bridgehead atoms. The Kier molecular flexibility index (Phi) is 4.73. The lowest BCUT2D eigenvalue weighted by molar-refractivity contribution is -0.137. The van der Waals surface area contributed by atoms with Gasteiger partial charge in [-0.05, 0) is 25.1 Å². The summed E-state index contributed by atoms with van der Waals surface area (Å²) in [4.78, 5) is -0.468. The van der Waals surface area contributed by atoms with Crippen molar-refractivity contribution in [3.05, 3.63) is 29.6 Å². The lowest BCUT2D eigenvalue weighted by Gasteiger charge is -2.16. The Balaban J connectivity index is 2.98. The van der Waals surface area contributed by atoms with E-state index in [-0.39, 0.29) is 0 Å². The molecule has 1 N–H and O–H groups in total. The van der Waals surface area contributed by atoms with E-state index in [0.717, 1.165) is 25.1 Å².